The fourth-order valence-corrected chi connectivity index (χ4v) is 3.18. The highest BCUT2D eigenvalue weighted by Gasteiger charge is 2.38. The summed E-state index contributed by atoms with van der Waals surface area (Å²) >= 11 is 0. The van der Waals surface area contributed by atoms with Gasteiger partial charge in [-0.3, -0.25) is 9.59 Å². The zero-order valence-corrected chi connectivity index (χ0v) is 18.7. The first-order chi connectivity index (χ1) is 13.2. The van der Waals surface area contributed by atoms with Gasteiger partial charge in [0.25, 0.3) is 5.91 Å². The number of rotatable bonds is 8. The highest BCUT2D eigenvalue weighted by molar-refractivity contribution is 6.16. The first-order valence-electron chi connectivity index (χ1n) is 10.1. The van der Waals surface area contributed by atoms with Crippen LogP contribution in [0.5, 0.6) is 0 Å². The third-order valence-corrected chi connectivity index (χ3v) is 4.92. The Morgan fingerprint density at radius 1 is 1.00 bits per heavy atom. The summed E-state index contributed by atoms with van der Waals surface area (Å²) in [6.45, 7) is 16.2. The lowest BCUT2D eigenvalue weighted by atomic mass is 9.93. The predicted octanol–water partition coefficient (Wildman–Crippen LogP) is 6.08. The fraction of sp³-hybridized carbons (Fsp3) is 0.440. The van der Waals surface area contributed by atoms with Crippen molar-refractivity contribution in [2.45, 2.75) is 61.8 Å². The molecule has 1 heterocycles. The number of ketones is 1. The lowest BCUT2D eigenvalue weighted by Crippen LogP contribution is -2.28. The van der Waals surface area contributed by atoms with Gasteiger partial charge in [0, 0.05) is 6.54 Å². The minimum absolute atomic E-state index is 0.0696. The number of carbonyl (C=O) groups is 2. The van der Waals surface area contributed by atoms with Gasteiger partial charge in [-0.25, -0.2) is 0 Å². The first kappa shape index (κ1) is 23.6. The second-order valence-electron chi connectivity index (χ2n) is 7.67. The molecule has 0 aliphatic carbocycles. The summed E-state index contributed by atoms with van der Waals surface area (Å²) < 4.78 is 0. The van der Waals surface area contributed by atoms with E-state index in [2.05, 4.69) is 13.8 Å². The predicted molar refractivity (Wildman–Crippen MR) is 119 cm³/mol. The van der Waals surface area contributed by atoms with E-state index in [1.165, 1.54) is 0 Å². The number of nitrogens with zero attached hydrogens (tertiary/aromatic N) is 1. The van der Waals surface area contributed by atoms with Crippen LogP contribution in [0, 0.1) is 5.92 Å². The summed E-state index contributed by atoms with van der Waals surface area (Å²) in [4.78, 5) is 27.9. The van der Waals surface area contributed by atoms with Crippen LogP contribution in [0.3, 0.4) is 0 Å². The Balaban J connectivity index is 3.75. The Bertz CT molecular complexity index is 798. The second kappa shape index (κ2) is 10.8. The van der Waals surface area contributed by atoms with Crippen molar-refractivity contribution in [2.24, 2.45) is 5.92 Å². The largest absolute Gasteiger partial charge is 0.307 e. The molecular weight excluding hydrogens is 346 g/mol. The van der Waals surface area contributed by atoms with Gasteiger partial charge < -0.3 is 4.90 Å². The average molecular weight is 382 g/mol. The summed E-state index contributed by atoms with van der Waals surface area (Å²) in [5.74, 6) is 0.330. The molecule has 0 saturated carbocycles. The second-order valence-corrected chi connectivity index (χ2v) is 7.67. The minimum Gasteiger partial charge on any atom is -0.307 e. The van der Waals surface area contributed by atoms with Crippen LogP contribution in [-0.2, 0) is 9.59 Å². The maximum atomic E-state index is 13.4. The van der Waals surface area contributed by atoms with E-state index in [0.717, 1.165) is 28.8 Å². The van der Waals surface area contributed by atoms with Gasteiger partial charge in [-0.1, -0.05) is 50.3 Å². The van der Waals surface area contributed by atoms with Crippen molar-refractivity contribution < 1.29 is 9.59 Å². The Labute approximate surface area is 170 Å². The molecule has 0 atom stereocenters. The molecule has 1 amide bonds. The number of hydrogen-bond acceptors (Lipinski definition) is 2. The summed E-state index contributed by atoms with van der Waals surface area (Å²) in [5, 5.41) is 0. The molecule has 3 heteroatoms. The van der Waals surface area contributed by atoms with Crippen LogP contribution in [0.1, 0.15) is 61.8 Å². The molecule has 1 rings (SSSR count). The number of allylic oxidation sites excluding steroid dienone is 9. The van der Waals surface area contributed by atoms with Crippen LogP contribution in [0.2, 0.25) is 0 Å². The maximum absolute atomic E-state index is 13.4. The SMILES string of the molecule is C/C=C\C=C(/C)C1=C(C(C)=O)/C(=C(C)/C(C)=C/C=C\C)C(=O)N1CCC(C)C. The summed E-state index contributed by atoms with van der Waals surface area (Å²) in [7, 11) is 0. The number of carbonyl (C=O) groups excluding carboxylic acids is 2. The van der Waals surface area contributed by atoms with Gasteiger partial charge in [-0.05, 0) is 70.6 Å². The highest BCUT2D eigenvalue weighted by atomic mass is 16.2. The zero-order chi connectivity index (χ0) is 21.4. The number of hydrogen-bond donors (Lipinski definition) is 0. The molecule has 1 aliphatic heterocycles. The Morgan fingerprint density at radius 2 is 1.57 bits per heavy atom. The smallest absolute Gasteiger partial charge is 0.259 e. The van der Waals surface area contributed by atoms with Crippen LogP contribution in [0.25, 0.3) is 0 Å². The molecule has 0 saturated heterocycles. The Kier molecular flexibility index (Phi) is 9.11. The van der Waals surface area contributed by atoms with Gasteiger partial charge >= 0.3 is 0 Å². The monoisotopic (exact) mass is 381 g/mol. The normalized spacial score (nSPS) is 18.5. The van der Waals surface area contributed by atoms with Crippen molar-refractivity contribution in [1.82, 2.24) is 4.90 Å². The van der Waals surface area contributed by atoms with Gasteiger partial charge in [0.15, 0.2) is 5.78 Å². The van der Waals surface area contributed by atoms with Crippen LogP contribution >= 0.6 is 0 Å². The third kappa shape index (κ3) is 5.54. The molecule has 0 aromatic rings. The van der Waals surface area contributed by atoms with Crippen molar-refractivity contribution in [3.05, 3.63) is 70.0 Å². The minimum atomic E-state index is -0.0724. The molecule has 0 aromatic heterocycles. The topological polar surface area (TPSA) is 37.4 Å². The average Bonchev–Trinajstić information content (AvgIpc) is 2.94. The van der Waals surface area contributed by atoms with E-state index < -0.39 is 0 Å². The number of Topliss-reactive ketones (excluding diaryl/α,β-unsaturated/α-hetero) is 1. The van der Waals surface area contributed by atoms with Crippen molar-refractivity contribution in [3.63, 3.8) is 0 Å². The molecule has 3 nitrogen and oxygen atoms in total. The van der Waals surface area contributed by atoms with Crippen LogP contribution in [0.15, 0.2) is 70.0 Å². The lowest BCUT2D eigenvalue weighted by molar-refractivity contribution is -0.124. The van der Waals surface area contributed by atoms with E-state index in [1.807, 2.05) is 71.1 Å². The molecule has 1 aliphatic rings. The van der Waals surface area contributed by atoms with E-state index in [4.69, 9.17) is 0 Å². The van der Waals surface area contributed by atoms with E-state index in [1.54, 1.807) is 11.8 Å². The Morgan fingerprint density at radius 3 is 2.07 bits per heavy atom. The van der Waals surface area contributed by atoms with Gasteiger partial charge in [0.2, 0.25) is 0 Å². The fourth-order valence-electron chi connectivity index (χ4n) is 3.18. The molecular formula is C25H35NO2. The summed E-state index contributed by atoms with van der Waals surface area (Å²) in [6.07, 6.45) is 12.6. The van der Waals surface area contributed by atoms with Crippen molar-refractivity contribution in [2.75, 3.05) is 6.54 Å². The van der Waals surface area contributed by atoms with Crippen molar-refractivity contribution in [1.29, 1.82) is 0 Å². The van der Waals surface area contributed by atoms with Gasteiger partial charge in [-0.2, -0.15) is 0 Å². The van der Waals surface area contributed by atoms with Crippen LogP contribution in [-0.4, -0.2) is 23.1 Å². The van der Waals surface area contributed by atoms with E-state index in [0.29, 0.717) is 23.6 Å². The molecule has 152 valence electrons. The van der Waals surface area contributed by atoms with Crippen molar-refractivity contribution in [3.8, 4) is 0 Å². The molecule has 0 N–H and O–H groups in total. The molecule has 0 spiro atoms. The molecule has 0 bridgehead atoms. The van der Waals surface area contributed by atoms with E-state index in [9.17, 15) is 9.59 Å². The zero-order valence-electron chi connectivity index (χ0n) is 18.7. The molecule has 0 unspecified atom stereocenters. The van der Waals surface area contributed by atoms with Gasteiger partial charge in [-0.15, -0.1) is 0 Å². The number of amides is 1. The lowest BCUT2D eigenvalue weighted by Gasteiger charge is -2.22. The van der Waals surface area contributed by atoms with E-state index in [-0.39, 0.29) is 11.7 Å². The third-order valence-electron chi connectivity index (χ3n) is 4.92. The van der Waals surface area contributed by atoms with E-state index >= 15 is 0 Å². The molecule has 0 fully saturated rings. The Hall–Kier alpha value is -2.42. The van der Waals surface area contributed by atoms with Crippen molar-refractivity contribution >= 4 is 11.7 Å². The quantitative estimate of drug-likeness (QED) is 0.377. The van der Waals surface area contributed by atoms with Gasteiger partial charge in [0.1, 0.15) is 0 Å². The van der Waals surface area contributed by atoms with Crippen LogP contribution in [0.4, 0.5) is 0 Å². The summed E-state index contributed by atoms with van der Waals surface area (Å²) in [6, 6.07) is 0. The maximum Gasteiger partial charge on any atom is 0.259 e. The molecule has 28 heavy (non-hydrogen) atoms. The molecule has 0 radical (unpaired) electrons. The summed E-state index contributed by atoms with van der Waals surface area (Å²) in [5.41, 5.74) is 4.61. The van der Waals surface area contributed by atoms with Gasteiger partial charge in [0.05, 0.1) is 16.8 Å². The standard InChI is InChI=1S/C25H35NO2/c1-9-11-13-18(5)20(7)22-23(21(8)27)24(19(6)14-12-10-2)26(25(22)28)16-15-17(3)4/h9-14,17H,15-16H2,1-8H3/b11-9-,12-10-,18-13+,19-14+,22-20-. The highest BCUT2D eigenvalue weighted by Crippen LogP contribution is 2.37. The van der Waals surface area contributed by atoms with Crippen LogP contribution < -0.4 is 0 Å². The molecule has 0 aromatic carbocycles. The first-order valence-corrected chi connectivity index (χ1v) is 10.1.